The average molecular weight is 434 g/mol. The van der Waals surface area contributed by atoms with E-state index in [0.717, 1.165) is 22.0 Å². The van der Waals surface area contributed by atoms with Crippen molar-refractivity contribution in [1.29, 1.82) is 0 Å². The Morgan fingerprint density at radius 1 is 1.23 bits per heavy atom. The second-order valence-electron chi connectivity index (χ2n) is 5.54. The van der Waals surface area contributed by atoms with Crippen molar-refractivity contribution in [3.05, 3.63) is 52.3 Å². The minimum Gasteiger partial charge on any atom is -0.462 e. The number of anilines is 1. The third-order valence-corrected chi connectivity index (χ3v) is 4.91. The van der Waals surface area contributed by atoms with E-state index in [0.29, 0.717) is 28.4 Å². The van der Waals surface area contributed by atoms with Crippen LogP contribution in [0, 0.1) is 0 Å². The number of amides is 1. The molecule has 0 aliphatic heterocycles. The standard InChI is InChI=1S/C18H16BrN3O3S/c1-2-3-6-25-17(24)11-4-5-14-15(8-11)26-18(21-14)22-16(23)12-7-13(19)10-20-9-12/h4-5,7-10H,2-3,6H2,1H3,(H,21,22,23). The first-order chi connectivity index (χ1) is 12.6. The Morgan fingerprint density at radius 2 is 2.08 bits per heavy atom. The lowest BCUT2D eigenvalue weighted by Gasteiger charge is -2.03. The number of hydrogen-bond acceptors (Lipinski definition) is 6. The molecule has 26 heavy (non-hydrogen) atoms. The van der Waals surface area contributed by atoms with Gasteiger partial charge >= 0.3 is 5.97 Å². The van der Waals surface area contributed by atoms with E-state index in [4.69, 9.17) is 4.74 Å². The van der Waals surface area contributed by atoms with Crippen molar-refractivity contribution in [2.45, 2.75) is 19.8 Å². The van der Waals surface area contributed by atoms with Crippen LogP contribution in [0.2, 0.25) is 0 Å². The Labute approximate surface area is 162 Å². The minimum atomic E-state index is -0.348. The molecule has 1 amide bonds. The summed E-state index contributed by atoms with van der Waals surface area (Å²) in [7, 11) is 0. The Balaban J connectivity index is 1.74. The number of pyridine rings is 1. The molecular formula is C18H16BrN3O3S. The summed E-state index contributed by atoms with van der Waals surface area (Å²) < 4.78 is 6.75. The molecule has 0 atom stereocenters. The van der Waals surface area contributed by atoms with Gasteiger partial charge < -0.3 is 4.74 Å². The van der Waals surface area contributed by atoms with Crippen molar-refractivity contribution in [1.82, 2.24) is 9.97 Å². The molecule has 0 saturated carbocycles. The lowest BCUT2D eigenvalue weighted by molar-refractivity contribution is 0.0500. The Hall–Kier alpha value is -2.32. The van der Waals surface area contributed by atoms with Crippen LogP contribution in [-0.4, -0.2) is 28.5 Å². The van der Waals surface area contributed by atoms with Crippen molar-refractivity contribution >= 4 is 54.5 Å². The van der Waals surface area contributed by atoms with E-state index in [1.807, 2.05) is 6.92 Å². The number of halogens is 1. The highest BCUT2D eigenvalue weighted by Gasteiger charge is 2.13. The number of nitrogens with one attached hydrogen (secondary N) is 1. The average Bonchev–Trinajstić information content (AvgIpc) is 3.03. The van der Waals surface area contributed by atoms with E-state index < -0.39 is 0 Å². The maximum atomic E-state index is 12.3. The number of nitrogens with zero attached hydrogens (tertiary/aromatic N) is 2. The maximum Gasteiger partial charge on any atom is 0.338 e. The first kappa shape index (κ1) is 18.5. The van der Waals surface area contributed by atoms with E-state index in [1.165, 1.54) is 17.5 Å². The minimum absolute atomic E-state index is 0.294. The fraction of sp³-hybridized carbons (Fsp3) is 0.222. The number of carbonyl (C=O) groups is 2. The van der Waals surface area contributed by atoms with Crippen LogP contribution in [-0.2, 0) is 4.74 Å². The summed E-state index contributed by atoms with van der Waals surface area (Å²) in [6, 6.07) is 6.84. The summed E-state index contributed by atoms with van der Waals surface area (Å²) in [5.74, 6) is -0.642. The molecule has 3 rings (SSSR count). The van der Waals surface area contributed by atoms with Gasteiger partial charge in [0.1, 0.15) is 0 Å². The number of hydrogen-bond donors (Lipinski definition) is 1. The molecule has 1 aromatic carbocycles. The number of ether oxygens (including phenoxy) is 1. The predicted molar refractivity (Wildman–Crippen MR) is 105 cm³/mol. The van der Waals surface area contributed by atoms with Crippen molar-refractivity contribution < 1.29 is 14.3 Å². The number of unbranched alkanes of at least 4 members (excludes halogenated alkanes) is 1. The molecule has 0 aliphatic rings. The van der Waals surface area contributed by atoms with Crippen LogP contribution in [0.1, 0.15) is 40.5 Å². The summed E-state index contributed by atoms with van der Waals surface area (Å²) in [4.78, 5) is 32.7. The van der Waals surface area contributed by atoms with Gasteiger partial charge in [-0.2, -0.15) is 0 Å². The second-order valence-corrected chi connectivity index (χ2v) is 7.48. The third kappa shape index (κ3) is 4.44. The topological polar surface area (TPSA) is 81.2 Å². The maximum absolute atomic E-state index is 12.3. The highest BCUT2D eigenvalue weighted by molar-refractivity contribution is 9.10. The van der Waals surface area contributed by atoms with Crippen LogP contribution in [0.5, 0.6) is 0 Å². The van der Waals surface area contributed by atoms with Crippen LogP contribution in [0.3, 0.4) is 0 Å². The van der Waals surface area contributed by atoms with Gasteiger partial charge in [0.25, 0.3) is 5.91 Å². The number of benzene rings is 1. The molecule has 0 unspecified atom stereocenters. The summed E-state index contributed by atoms with van der Waals surface area (Å²) in [5, 5.41) is 3.22. The molecule has 0 radical (unpaired) electrons. The van der Waals surface area contributed by atoms with Crippen LogP contribution in [0.25, 0.3) is 10.2 Å². The molecule has 0 bridgehead atoms. The van der Waals surface area contributed by atoms with Crippen molar-refractivity contribution in [3.63, 3.8) is 0 Å². The lowest BCUT2D eigenvalue weighted by atomic mass is 10.2. The zero-order valence-corrected chi connectivity index (χ0v) is 16.4. The van der Waals surface area contributed by atoms with Crippen LogP contribution in [0.4, 0.5) is 5.13 Å². The molecule has 2 heterocycles. The normalized spacial score (nSPS) is 10.7. The Kier molecular flexibility index (Phi) is 5.95. The Bertz CT molecular complexity index is 958. The quantitative estimate of drug-likeness (QED) is 0.451. The summed E-state index contributed by atoms with van der Waals surface area (Å²) in [6.07, 6.45) is 4.90. The van der Waals surface area contributed by atoms with E-state index in [2.05, 4.69) is 31.2 Å². The molecule has 6 nitrogen and oxygen atoms in total. The van der Waals surface area contributed by atoms with E-state index >= 15 is 0 Å². The number of carbonyl (C=O) groups excluding carboxylic acids is 2. The smallest absolute Gasteiger partial charge is 0.338 e. The summed E-state index contributed by atoms with van der Waals surface area (Å²) >= 11 is 4.59. The van der Waals surface area contributed by atoms with Gasteiger partial charge in [0, 0.05) is 16.9 Å². The highest BCUT2D eigenvalue weighted by Crippen LogP contribution is 2.27. The highest BCUT2D eigenvalue weighted by atomic mass is 79.9. The van der Waals surface area contributed by atoms with Gasteiger partial charge in [-0.15, -0.1) is 0 Å². The molecule has 0 spiro atoms. The van der Waals surface area contributed by atoms with Gasteiger partial charge in [-0.1, -0.05) is 24.7 Å². The van der Waals surface area contributed by atoms with Crippen LogP contribution >= 0.6 is 27.3 Å². The van der Waals surface area contributed by atoms with Crippen LogP contribution in [0.15, 0.2) is 41.1 Å². The first-order valence-electron chi connectivity index (χ1n) is 8.06. The number of rotatable bonds is 6. The summed E-state index contributed by atoms with van der Waals surface area (Å²) in [6.45, 7) is 2.45. The lowest BCUT2D eigenvalue weighted by Crippen LogP contribution is -2.11. The molecule has 3 aromatic rings. The number of fused-ring (bicyclic) bond motifs is 1. The van der Waals surface area contributed by atoms with Crippen molar-refractivity contribution in [2.24, 2.45) is 0 Å². The van der Waals surface area contributed by atoms with Gasteiger partial charge in [-0.25, -0.2) is 9.78 Å². The zero-order chi connectivity index (χ0) is 18.5. The predicted octanol–water partition coefficient (Wildman–Crippen LogP) is 4.66. The second kappa shape index (κ2) is 8.37. The molecule has 2 aromatic heterocycles. The Morgan fingerprint density at radius 3 is 2.85 bits per heavy atom. The van der Waals surface area contributed by atoms with Gasteiger partial charge in [0.2, 0.25) is 0 Å². The largest absolute Gasteiger partial charge is 0.462 e. The van der Waals surface area contributed by atoms with Gasteiger partial charge in [0.05, 0.1) is 28.0 Å². The number of esters is 1. The zero-order valence-electron chi connectivity index (χ0n) is 14.0. The van der Waals surface area contributed by atoms with Crippen molar-refractivity contribution in [3.8, 4) is 0 Å². The van der Waals surface area contributed by atoms with E-state index in [-0.39, 0.29) is 11.9 Å². The molecular weight excluding hydrogens is 418 g/mol. The van der Waals surface area contributed by atoms with Gasteiger partial charge in [-0.05, 0) is 46.6 Å². The van der Waals surface area contributed by atoms with Crippen LogP contribution < -0.4 is 5.32 Å². The molecule has 1 N–H and O–H groups in total. The number of thiazole rings is 1. The van der Waals surface area contributed by atoms with Gasteiger partial charge in [-0.3, -0.25) is 15.1 Å². The van der Waals surface area contributed by atoms with E-state index in [1.54, 1.807) is 30.5 Å². The number of aromatic nitrogens is 2. The van der Waals surface area contributed by atoms with E-state index in [9.17, 15) is 9.59 Å². The third-order valence-electron chi connectivity index (χ3n) is 3.54. The van der Waals surface area contributed by atoms with Crippen molar-refractivity contribution in [2.75, 3.05) is 11.9 Å². The molecule has 8 heteroatoms. The fourth-order valence-corrected chi connectivity index (χ4v) is 3.47. The fourth-order valence-electron chi connectivity index (χ4n) is 2.20. The monoisotopic (exact) mass is 433 g/mol. The summed E-state index contributed by atoms with van der Waals surface area (Å²) in [5.41, 5.74) is 1.62. The molecule has 0 fully saturated rings. The molecule has 134 valence electrons. The molecule has 0 aliphatic carbocycles. The SMILES string of the molecule is CCCCOC(=O)c1ccc2nc(NC(=O)c3cncc(Br)c3)sc2c1. The first-order valence-corrected chi connectivity index (χ1v) is 9.67. The molecule has 0 saturated heterocycles. The van der Waals surface area contributed by atoms with Gasteiger partial charge in [0.15, 0.2) is 5.13 Å².